The lowest BCUT2D eigenvalue weighted by Gasteiger charge is -2.19. The van der Waals surface area contributed by atoms with Gasteiger partial charge in [0.05, 0.1) is 12.7 Å². The molecule has 1 saturated carbocycles. The van der Waals surface area contributed by atoms with Crippen molar-refractivity contribution in [3.63, 3.8) is 0 Å². The number of aryl methyl sites for hydroxylation is 1. The van der Waals surface area contributed by atoms with E-state index in [2.05, 4.69) is 20.7 Å². The van der Waals surface area contributed by atoms with Crippen LogP contribution in [0.1, 0.15) is 24.0 Å². The Balaban J connectivity index is 0.00000225. The summed E-state index contributed by atoms with van der Waals surface area (Å²) in [7, 11) is 1.75. The minimum atomic E-state index is -0.117. The highest BCUT2D eigenvalue weighted by atomic mass is 127. The minimum Gasteiger partial charge on any atom is -0.356 e. The van der Waals surface area contributed by atoms with Gasteiger partial charge in [0, 0.05) is 31.7 Å². The van der Waals surface area contributed by atoms with Crippen molar-refractivity contribution < 1.29 is 4.39 Å². The minimum absolute atomic E-state index is 0. The number of nitrogens with one attached hydrogen (secondary N) is 2. The Hall–Kier alpha value is -1.64. The third-order valence-electron chi connectivity index (χ3n) is 4.51. The number of aliphatic imine (C=N–C) groups is 1. The molecule has 0 bridgehead atoms. The molecular weight excluding hydrogens is 432 g/mol. The molecule has 25 heavy (non-hydrogen) atoms. The lowest BCUT2D eigenvalue weighted by molar-refractivity contribution is 0.556. The second-order valence-corrected chi connectivity index (χ2v) is 6.39. The van der Waals surface area contributed by atoms with Crippen molar-refractivity contribution in [2.45, 2.75) is 31.7 Å². The third-order valence-corrected chi connectivity index (χ3v) is 4.51. The molecule has 2 N–H and O–H groups in total. The molecule has 1 heterocycles. The van der Waals surface area contributed by atoms with Crippen molar-refractivity contribution in [1.82, 2.24) is 20.4 Å². The Morgan fingerprint density at radius 1 is 1.32 bits per heavy atom. The van der Waals surface area contributed by atoms with E-state index in [9.17, 15) is 4.39 Å². The molecule has 7 heteroatoms. The maximum atomic E-state index is 14.0. The molecule has 2 aromatic rings. The Morgan fingerprint density at radius 2 is 2.08 bits per heavy atom. The first-order valence-corrected chi connectivity index (χ1v) is 8.31. The van der Waals surface area contributed by atoms with E-state index in [4.69, 9.17) is 0 Å². The fraction of sp³-hybridized carbons (Fsp3) is 0.444. The molecule has 0 aliphatic heterocycles. The number of hydrogen-bond acceptors (Lipinski definition) is 2. The van der Waals surface area contributed by atoms with Crippen molar-refractivity contribution in [3.8, 4) is 0 Å². The van der Waals surface area contributed by atoms with Crippen LogP contribution in [0.15, 0.2) is 41.7 Å². The molecule has 1 aliphatic carbocycles. The van der Waals surface area contributed by atoms with E-state index < -0.39 is 0 Å². The van der Waals surface area contributed by atoms with Gasteiger partial charge in [0.1, 0.15) is 5.82 Å². The fourth-order valence-electron chi connectivity index (χ4n) is 2.94. The Morgan fingerprint density at radius 3 is 2.68 bits per heavy atom. The predicted molar refractivity (Wildman–Crippen MR) is 109 cm³/mol. The SMILES string of the molecule is CN=C(NCCn1cc(C)cn1)NCC1(c2ccccc2F)CC1.I. The summed E-state index contributed by atoms with van der Waals surface area (Å²) in [5.41, 5.74) is 1.86. The number of benzene rings is 1. The summed E-state index contributed by atoms with van der Waals surface area (Å²) in [5, 5.41) is 10.9. The molecule has 0 radical (unpaired) electrons. The van der Waals surface area contributed by atoms with E-state index in [0.29, 0.717) is 6.54 Å². The summed E-state index contributed by atoms with van der Waals surface area (Å²) >= 11 is 0. The van der Waals surface area contributed by atoms with Gasteiger partial charge in [0.25, 0.3) is 0 Å². The van der Waals surface area contributed by atoms with Crippen LogP contribution < -0.4 is 10.6 Å². The van der Waals surface area contributed by atoms with E-state index in [1.54, 1.807) is 13.1 Å². The van der Waals surface area contributed by atoms with Crippen LogP contribution in [0.25, 0.3) is 0 Å². The molecule has 5 nitrogen and oxygen atoms in total. The molecule has 3 rings (SSSR count). The van der Waals surface area contributed by atoms with E-state index in [-0.39, 0.29) is 35.2 Å². The molecule has 136 valence electrons. The highest BCUT2D eigenvalue weighted by Crippen LogP contribution is 2.48. The van der Waals surface area contributed by atoms with Crippen molar-refractivity contribution in [3.05, 3.63) is 53.6 Å². The number of hydrogen-bond donors (Lipinski definition) is 2. The van der Waals surface area contributed by atoms with Crippen LogP contribution in [0.3, 0.4) is 0 Å². The monoisotopic (exact) mass is 457 g/mol. The molecule has 0 atom stereocenters. The van der Waals surface area contributed by atoms with E-state index >= 15 is 0 Å². The summed E-state index contributed by atoms with van der Waals surface area (Å²) in [5.74, 6) is 0.621. The molecule has 0 spiro atoms. The van der Waals surface area contributed by atoms with Gasteiger partial charge in [-0.2, -0.15) is 5.10 Å². The van der Waals surface area contributed by atoms with Crippen LogP contribution in [-0.4, -0.2) is 35.9 Å². The highest BCUT2D eigenvalue weighted by Gasteiger charge is 2.45. The van der Waals surface area contributed by atoms with Crippen LogP contribution in [0.2, 0.25) is 0 Å². The van der Waals surface area contributed by atoms with Gasteiger partial charge in [-0.25, -0.2) is 4.39 Å². The van der Waals surface area contributed by atoms with Gasteiger partial charge in [0.15, 0.2) is 5.96 Å². The van der Waals surface area contributed by atoms with E-state index in [1.165, 1.54) is 6.07 Å². The van der Waals surface area contributed by atoms with Crippen molar-refractivity contribution >= 4 is 29.9 Å². The van der Waals surface area contributed by atoms with E-state index in [1.807, 2.05) is 36.1 Å². The van der Waals surface area contributed by atoms with Crippen LogP contribution in [0.4, 0.5) is 4.39 Å². The normalized spacial score (nSPS) is 15.4. The quantitative estimate of drug-likeness (QED) is 0.399. The molecule has 0 unspecified atom stereocenters. The molecule has 1 aromatic carbocycles. The zero-order chi connectivity index (χ0) is 17.0. The molecular formula is C18H25FIN5. The van der Waals surface area contributed by atoms with Crippen LogP contribution >= 0.6 is 24.0 Å². The molecule has 1 aliphatic rings. The van der Waals surface area contributed by atoms with Gasteiger partial charge in [-0.1, -0.05) is 18.2 Å². The standard InChI is InChI=1S/C18H24FN5.HI/c1-14-11-23-24(12-14)10-9-21-17(20-2)22-13-18(7-8-18)15-5-3-4-6-16(15)19;/h3-6,11-12H,7-10,13H2,1-2H3,(H2,20,21,22);1H. The average molecular weight is 457 g/mol. The zero-order valence-corrected chi connectivity index (χ0v) is 17.0. The Kier molecular flexibility index (Phi) is 6.80. The lowest BCUT2D eigenvalue weighted by Crippen LogP contribution is -2.42. The zero-order valence-electron chi connectivity index (χ0n) is 14.6. The fourth-order valence-corrected chi connectivity index (χ4v) is 2.94. The van der Waals surface area contributed by atoms with Gasteiger partial charge in [0.2, 0.25) is 0 Å². The number of aromatic nitrogens is 2. The Bertz CT molecular complexity index is 724. The first kappa shape index (κ1) is 19.7. The van der Waals surface area contributed by atoms with Crippen molar-refractivity contribution in [2.24, 2.45) is 4.99 Å². The second kappa shape index (κ2) is 8.64. The van der Waals surface area contributed by atoms with Crippen LogP contribution in [-0.2, 0) is 12.0 Å². The van der Waals surface area contributed by atoms with Gasteiger partial charge < -0.3 is 10.6 Å². The van der Waals surface area contributed by atoms with Gasteiger partial charge in [-0.05, 0) is 37.0 Å². The van der Waals surface area contributed by atoms with Gasteiger partial charge in [-0.3, -0.25) is 9.67 Å². The van der Waals surface area contributed by atoms with Crippen LogP contribution in [0, 0.1) is 12.7 Å². The predicted octanol–water partition coefficient (Wildman–Crippen LogP) is 2.85. The molecule has 1 aromatic heterocycles. The number of rotatable bonds is 6. The molecule has 0 saturated heterocycles. The maximum Gasteiger partial charge on any atom is 0.191 e. The lowest BCUT2D eigenvalue weighted by atomic mass is 9.95. The highest BCUT2D eigenvalue weighted by molar-refractivity contribution is 14.0. The summed E-state index contributed by atoms with van der Waals surface area (Å²) in [6.45, 7) is 4.21. The summed E-state index contributed by atoms with van der Waals surface area (Å²) in [6.07, 6.45) is 5.86. The third kappa shape index (κ3) is 4.93. The average Bonchev–Trinajstić information content (AvgIpc) is 3.26. The van der Waals surface area contributed by atoms with Crippen molar-refractivity contribution in [1.29, 1.82) is 0 Å². The number of guanidine groups is 1. The van der Waals surface area contributed by atoms with Gasteiger partial charge >= 0.3 is 0 Å². The summed E-state index contributed by atoms with van der Waals surface area (Å²) in [6, 6.07) is 7.06. The molecule has 1 fully saturated rings. The topological polar surface area (TPSA) is 54.2 Å². The van der Waals surface area contributed by atoms with Crippen LogP contribution in [0.5, 0.6) is 0 Å². The first-order valence-electron chi connectivity index (χ1n) is 8.31. The number of halogens is 2. The smallest absolute Gasteiger partial charge is 0.191 e. The number of nitrogens with zero attached hydrogens (tertiary/aromatic N) is 3. The summed E-state index contributed by atoms with van der Waals surface area (Å²) in [4.78, 5) is 4.24. The first-order chi connectivity index (χ1) is 11.6. The second-order valence-electron chi connectivity index (χ2n) is 6.39. The largest absolute Gasteiger partial charge is 0.356 e. The Labute approximate surface area is 165 Å². The van der Waals surface area contributed by atoms with E-state index in [0.717, 1.165) is 43.0 Å². The molecule has 0 amide bonds. The maximum absolute atomic E-state index is 14.0. The van der Waals surface area contributed by atoms with Crippen molar-refractivity contribution in [2.75, 3.05) is 20.1 Å². The van der Waals surface area contributed by atoms with Gasteiger partial charge in [-0.15, -0.1) is 24.0 Å². The summed E-state index contributed by atoms with van der Waals surface area (Å²) < 4.78 is 15.9.